The Bertz CT molecular complexity index is 724. The van der Waals surface area contributed by atoms with Gasteiger partial charge in [-0.1, -0.05) is 24.3 Å². The van der Waals surface area contributed by atoms with E-state index in [9.17, 15) is 9.59 Å². The van der Waals surface area contributed by atoms with E-state index >= 15 is 0 Å². The number of halogens is 1. The fourth-order valence-electron chi connectivity index (χ4n) is 4.10. The summed E-state index contributed by atoms with van der Waals surface area (Å²) >= 11 is 0. The fraction of sp³-hybridized carbons (Fsp3) is 0.524. The van der Waals surface area contributed by atoms with Crippen molar-refractivity contribution in [3.63, 3.8) is 0 Å². The van der Waals surface area contributed by atoms with E-state index < -0.39 is 5.97 Å². The van der Waals surface area contributed by atoms with Gasteiger partial charge >= 0.3 is 5.97 Å². The van der Waals surface area contributed by atoms with Gasteiger partial charge in [-0.05, 0) is 55.7 Å². The first-order valence-corrected chi connectivity index (χ1v) is 9.62. The van der Waals surface area contributed by atoms with E-state index in [1.54, 1.807) is 7.11 Å². The summed E-state index contributed by atoms with van der Waals surface area (Å²) in [6.07, 6.45) is 4.71. The van der Waals surface area contributed by atoms with E-state index in [4.69, 9.17) is 15.6 Å². The minimum atomic E-state index is -0.811. The third kappa shape index (κ3) is 4.86. The number of nitrogens with two attached hydrogens (primary N) is 1. The van der Waals surface area contributed by atoms with Gasteiger partial charge in [0.25, 0.3) is 5.91 Å². The molecule has 28 heavy (non-hydrogen) atoms. The molecule has 1 aromatic rings. The summed E-state index contributed by atoms with van der Waals surface area (Å²) in [5.74, 6) is 0.501. The number of nitrogens with zero attached hydrogens (tertiary/aromatic N) is 1. The van der Waals surface area contributed by atoms with Crippen LogP contribution in [-0.2, 0) is 20.7 Å². The van der Waals surface area contributed by atoms with Crippen molar-refractivity contribution in [3.8, 4) is 0 Å². The second kappa shape index (κ2) is 9.94. The lowest BCUT2D eigenvalue weighted by Crippen LogP contribution is -2.41. The zero-order valence-electron chi connectivity index (χ0n) is 16.2. The molecule has 1 amide bonds. The number of aryl methyl sites for hydroxylation is 1. The lowest BCUT2D eigenvalue weighted by atomic mass is 9.85. The molecule has 0 atom stereocenters. The first kappa shape index (κ1) is 22.2. The summed E-state index contributed by atoms with van der Waals surface area (Å²) < 4.78 is 5.54. The van der Waals surface area contributed by atoms with Gasteiger partial charge in [-0.25, -0.2) is 0 Å². The van der Waals surface area contributed by atoms with Gasteiger partial charge in [0.15, 0.2) is 0 Å². The van der Waals surface area contributed by atoms with Gasteiger partial charge in [-0.2, -0.15) is 0 Å². The van der Waals surface area contributed by atoms with Gasteiger partial charge in [-0.3, -0.25) is 9.59 Å². The van der Waals surface area contributed by atoms with Crippen LogP contribution in [0.2, 0.25) is 0 Å². The predicted molar refractivity (Wildman–Crippen MR) is 110 cm³/mol. The molecular weight excluding hydrogens is 380 g/mol. The maximum atomic E-state index is 13.1. The zero-order valence-corrected chi connectivity index (χ0v) is 17.0. The highest BCUT2D eigenvalue weighted by molar-refractivity contribution is 6.22. The summed E-state index contributed by atoms with van der Waals surface area (Å²) in [6, 6.07) is 7.80. The number of hydrogen-bond donors (Lipinski definition) is 2. The Balaban J connectivity index is 0.00000280. The SMILES string of the molecule is COC1=C(c2ccc(CCC(=O)O)cc2)C(=O)N(C2CCC(CN)CC2)C1.Cl. The normalized spacial score (nSPS) is 22.2. The number of amides is 1. The number of aliphatic carboxylic acids is 1. The third-order valence-electron chi connectivity index (χ3n) is 5.77. The minimum absolute atomic E-state index is 0. The Morgan fingerprint density at radius 2 is 1.86 bits per heavy atom. The molecule has 3 rings (SSSR count). The van der Waals surface area contributed by atoms with Crippen molar-refractivity contribution in [1.82, 2.24) is 4.90 Å². The van der Waals surface area contributed by atoms with Crippen LogP contribution in [0.5, 0.6) is 0 Å². The molecule has 1 fully saturated rings. The fourth-order valence-corrected chi connectivity index (χ4v) is 4.10. The molecule has 1 aromatic carbocycles. The smallest absolute Gasteiger partial charge is 0.303 e. The highest BCUT2D eigenvalue weighted by Gasteiger charge is 2.37. The van der Waals surface area contributed by atoms with Crippen LogP contribution in [0.25, 0.3) is 5.57 Å². The molecule has 7 heteroatoms. The molecule has 1 aliphatic carbocycles. The van der Waals surface area contributed by atoms with Gasteiger partial charge < -0.3 is 20.5 Å². The maximum Gasteiger partial charge on any atom is 0.303 e. The van der Waals surface area contributed by atoms with E-state index in [1.165, 1.54) is 0 Å². The van der Waals surface area contributed by atoms with Crippen LogP contribution in [0.3, 0.4) is 0 Å². The topological polar surface area (TPSA) is 92.9 Å². The van der Waals surface area contributed by atoms with E-state index in [0.29, 0.717) is 30.2 Å². The molecule has 0 spiro atoms. The number of carboxylic acids is 1. The molecule has 0 radical (unpaired) electrons. The number of hydrogen-bond acceptors (Lipinski definition) is 4. The first-order valence-electron chi connectivity index (χ1n) is 9.62. The number of carboxylic acid groups (broad SMARTS) is 1. The molecule has 0 unspecified atom stereocenters. The number of ether oxygens (including phenoxy) is 1. The van der Waals surface area contributed by atoms with Gasteiger partial charge in [0.2, 0.25) is 0 Å². The monoisotopic (exact) mass is 408 g/mol. The average molecular weight is 409 g/mol. The second-order valence-corrected chi connectivity index (χ2v) is 7.44. The zero-order chi connectivity index (χ0) is 19.4. The van der Waals surface area contributed by atoms with Gasteiger partial charge in [-0.15, -0.1) is 12.4 Å². The molecule has 1 saturated carbocycles. The predicted octanol–water partition coefficient (Wildman–Crippen LogP) is 2.84. The Morgan fingerprint density at radius 3 is 2.39 bits per heavy atom. The highest BCUT2D eigenvalue weighted by Crippen LogP contribution is 2.35. The lowest BCUT2D eigenvalue weighted by molar-refractivity contribution is -0.137. The molecule has 3 N–H and O–H groups in total. The van der Waals surface area contributed by atoms with Crippen molar-refractivity contribution in [1.29, 1.82) is 0 Å². The molecular formula is C21H29ClN2O4. The van der Waals surface area contributed by atoms with E-state index in [1.807, 2.05) is 29.2 Å². The molecule has 0 bridgehead atoms. The molecule has 2 aliphatic rings. The number of methoxy groups -OCH3 is 1. The van der Waals surface area contributed by atoms with Crippen molar-refractivity contribution >= 4 is 29.9 Å². The van der Waals surface area contributed by atoms with Crippen molar-refractivity contribution in [2.24, 2.45) is 11.7 Å². The van der Waals surface area contributed by atoms with E-state index in [2.05, 4.69) is 0 Å². The minimum Gasteiger partial charge on any atom is -0.498 e. The second-order valence-electron chi connectivity index (χ2n) is 7.44. The number of rotatable bonds is 7. The summed E-state index contributed by atoms with van der Waals surface area (Å²) in [5, 5.41) is 8.81. The van der Waals surface area contributed by atoms with Gasteiger partial charge in [0.05, 0.1) is 19.2 Å². The Kier molecular flexibility index (Phi) is 7.89. The molecule has 1 heterocycles. The van der Waals surface area contributed by atoms with Crippen LogP contribution in [0.15, 0.2) is 30.0 Å². The first-order chi connectivity index (χ1) is 13.0. The standard InChI is InChI=1S/C21H28N2O4.ClH/c1-27-18-13-23(17-9-4-15(12-22)5-10-17)21(26)20(18)16-7-2-14(3-8-16)6-11-19(24)25;/h2-3,7-8,15,17H,4-6,9-13,22H2,1H3,(H,24,25);1H. The number of carbonyl (C=O) groups excluding carboxylic acids is 1. The Morgan fingerprint density at radius 1 is 1.21 bits per heavy atom. The molecule has 1 aliphatic heterocycles. The molecule has 0 aromatic heterocycles. The van der Waals surface area contributed by atoms with E-state index in [-0.39, 0.29) is 30.8 Å². The van der Waals surface area contributed by atoms with Crippen LogP contribution < -0.4 is 5.73 Å². The van der Waals surface area contributed by atoms with Crippen LogP contribution in [0.1, 0.15) is 43.2 Å². The largest absolute Gasteiger partial charge is 0.498 e. The van der Waals surface area contributed by atoms with Crippen LogP contribution in [0.4, 0.5) is 0 Å². The number of carbonyl (C=O) groups is 2. The van der Waals surface area contributed by atoms with Crippen molar-refractivity contribution in [2.75, 3.05) is 20.2 Å². The van der Waals surface area contributed by atoms with Crippen molar-refractivity contribution in [2.45, 2.75) is 44.6 Å². The van der Waals surface area contributed by atoms with Gasteiger partial charge in [0.1, 0.15) is 5.76 Å². The quantitative estimate of drug-likeness (QED) is 0.723. The summed E-state index contributed by atoms with van der Waals surface area (Å²) in [5.41, 5.74) is 8.18. The van der Waals surface area contributed by atoms with Crippen molar-refractivity contribution in [3.05, 3.63) is 41.2 Å². The van der Waals surface area contributed by atoms with Crippen molar-refractivity contribution < 1.29 is 19.4 Å². The van der Waals surface area contributed by atoms with E-state index in [0.717, 1.165) is 43.4 Å². The third-order valence-corrected chi connectivity index (χ3v) is 5.77. The Hall–Kier alpha value is -2.05. The summed E-state index contributed by atoms with van der Waals surface area (Å²) in [6.45, 7) is 1.24. The van der Waals surface area contributed by atoms with Crippen LogP contribution in [-0.4, -0.2) is 48.1 Å². The Labute approximate surface area is 172 Å². The van der Waals surface area contributed by atoms with Crippen LogP contribution >= 0.6 is 12.4 Å². The molecule has 154 valence electrons. The summed E-state index contributed by atoms with van der Waals surface area (Å²) in [4.78, 5) is 25.8. The van der Waals surface area contributed by atoms with Gasteiger partial charge in [0, 0.05) is 12.5 Å². The van der Waals surface area contributed by atoms with Crippen LogP contribution in [0, 0.1) is 5.92 Å². The lowest BCUT2D eigenvalue weighted by Gasteiger charge is -2.34. The maximum absolute atomic E-state index is 13.1. The summed E-state index contributed by atoms with van der Waals surface area (Å²) in [7, 11) is 1.61. The highest BCUT2D eigenvalue weighted by atomic mass is 35.5. The molecule has 0 saturated heterocycles. The average Bonchev–Trinajstić information content (AvgIpc) is 3.03. The molecule has 6 nitrogen and oxygen atoms in total. The number of benzene rings is 1.